The number of aromatic nitrogens is 1. The average Bonchev–Trinajstić information content (AvgIpc) is 2.82. The van der Waals surface area contributed by atoms with Crippen molar-refractivity contribution < 1.29 is 5.11 Å². The van der Waals surface area contributed by atoms with Crippen LogP contribution in [-0.4, -0.2) is 16.2 Å². The lowest BCUT2D eigenvalue weighted by molar-refractivity contribution is 0.164. The molecule has 78 valence electrons. The van der Waals surface area contributed by atoms with Crippen LogP contribution in [0.3, 0.4) is 0 Å². The minimum absolute atomic E-state index is 0.175. The minimum Gasteiger partial charge on any atom is -0.392 e. The van der Waals surface area contributed by atoms with Crippen LogP contribution in [0.4, 0.5) is 0 Å². The molecular formula is C12H13NOS. The number of hydrogen-bond acceptors (Lipinski definition) is 3. The van der Waals surface area contributed by atoms with Crippen LogP contribution in [0.1, 0.15) is 30.2 Å². The van der Waals surface area contributed by atoms with Crippen LogP contribution in [0.15, 0.2) is 24.3 Å². The Morgan fingerprint density at radius 3 is 2.87 bits per heavy atom. The van der Waals surface area contributed by atoms with Gasteiger partial charge in [-0.1, -0.05) is 18.6 Å². The van der Waals surface area contributed by atoms with Crippen LogP contribution in [0.2, 0.25) is 0 Å². The van der Waals surface area contributed by atoms with E-state index in [1.807, 2.05) is 18.2 Å². The maximum atomic E-state index is 9.83. The van der Waals surface area contributed by atoms with E-state index < -0.39 is 0 Å². The molecule has 0 amide bonds. The first-order chi connectivity index (χ1) is 7.34. The Hall–Kier alpha value is -0.930. The van der Waals surface area contributed by atoms with E-state index in [9.17, 15) is 5.11 Å². The number of rotatable bonds is 1. The maximum absolute atomic E-state index is 9.83. The zero-order valence-corrected chi connectivity index (χ0v) is 9.20. The molecule has 1 saturated carbocycles. The molecule has 1 aromatic heterocycles. The Morgan fingerprint density at radius 2 is 2.13 bits per heavy atom. The molecule has 0 bridgehead atoms. The molecule has 1 aliphatic carbocycles. The molecule has 1 N–H and O–H groups in total. The monoisotopic (exact) mass is 219 g/mol. The summed E-state index contributed by atoms with van der Waals surface area (Å²) in [4.78, 5) is 4.60. The molecule has 0 radical (unpaired) electrons. The Bertz CT molecular complexity index is 446. The van der Waals surface area contributed by atoms with E-state index in [1.54, 1.807) is 11.3 Å². The molecule has 1 fully saturated rings. The zero-order valence-electron chi connectivity index (χ0n) is 8.39. The highest BCUT2D eigenvalue weighted by Crippen LogP contribution is 2.38. The number of nitrogens with zero attached hydrogens (tertiary/aromatic N) is 1. The van der Waals surface area contributed by atoms with Crippen molar-refractivity contribution in [2.24, 2.45) is 0 Å². The molecule has 3 heteroatoms. The van der Waals surface area contributed by atoms with Crippen LogP contribution in [0.25, 0.3) is 10.2 Å². The van der Waals surface area contributed by atoms with Gasteiger partial charge in [0.2, 0.25) is 0 Å². The summed E-state index contributed by atoms with van der Waals surface area (Å²) >= 11 is 1.73. The number of thiazole rings is 1. The highest BCUT2D eigenvalue weighted by Gasteiger charge is 2.29. The molecule has 1 aliphatic rings. The van der Waals surface area contributed by atoms with Gasteiger partial charge in [0, 0.05) is 5.92 Å². The van der Waals surface area contributed by atoms with Gasteiger partial charge < -0.3 is 5.11 Å². The summed E-state index contributed by atoms with van der Waals surface area (Å²) in [5, 5.41) is 10.9. The molecule has 0 saturated heterocycles. The summed E-state index contributed by atoms with van der Waals surface area (Å²) in [6.07, 6.45) is 2.97. The van der Waals surface area contributed by atoms with E-state index in [1.165, 1.54) is 4.70 Å². The van der Waals surface area contributed by atoms with Crippen LogP contribution in [-0.2, 0) is 0 Å². The van der Waals surface area contributed by atoms with Gasteiger partial charge in [0.25, 0.3) is 0 Å². The third kappa shape index (κ3) is 1.56. The van der Waals surface area contributed by atoms with Crippen LogP contribution < -0.4 is 0 Å². The molecule has 0 spiro atoms. The first-order valence-corrected chi connectivity index (χ1v) is 6.20. The minimum atomic E-state index is -0.175. The first-order valence-electron chi connectivity index (χ1n) is 5.38. The summed E-state index contributed by atoms with van der Waals surface area (Å²) in [7, 11) is 0. The Kier molecular flexibility index (Phi) is 2.22. The lowest BCUT2D eigenvalue weighted by Crippen LogP contribution is -2.10. The first kappa shape index (κ1) is 9.31. The molecule has 2 atom stereocenters. The predicted molar refractivity (Wildman–Crippen MR) is 62.2 cm³/mol. The SMILES string of the molecule is OC1CCCC1c1nc2ccccc2s1. The lowest BCUT2D eigenvalue weighted by Gasteiger charge is -2.09. The normalized spacial score (nSPS) is 26.2. The van der Waals surface area contributed by atoms with Gasteiger partial charge in [0.15, 0.2) is 0 Å². The number of benzene rings is 1. The smallest absolute Gasteiger partial charge is 0.0995 e. The number of para-hydroxylation sites is 1. The van der Waals surface area contributed by atoms with Gasteiger partial charge in [-0.05, 0) is 25.0 Å². The van der Waals surface area contributed by atoms with Gasteiger partial charge in [-0.25, -0.2) is 4.98 Å². The molecular weight excluding hydrogens is 206 g/mol. The van der Waals surface area contributed by atoms with Crippen molar-refractivity contribution in [1.29, 1.82) is 0 Å². The second kappa shape index (κ2) is 3.58. The Labute approximate surface area is 92.6 Å². The molecule has 2 unspecified atom stereocenters. The van der Waals surface area contributed by atoms with Gasteiger partial charge in [0.05, 0.1) is 21.3 Å². The van der Waals surface area contributed by atoms with E-state index in [2.05, 4.69) is 11.1 Å². The molecule has 0 aliphatic heterocycles. The standard InChI is InChI=1S/C12H13NOS/c14-10-6-3-4-8(10)12-13-9-5-1-2-7-11(9)15-12/h1-2,5,7-8,10,14H,3-4,6H2. The third-order valence-electron chi connectivity index (χ3n) is 3.11. The molecule has 2 aromatic rings. The van der Waals surface area contributed by atoms with Gasteiger partial charge in [-0.15, -0.1) is 11.3 Å². The predicted octanol–water partition coefficient (Wildman–Crippen LogP) is 2.92. The fourth-order valence-electron chi connectivity index (χ4n) is 2.28. The highest BCUT2D eigenvalue weighted by molar-refractivity contribution is 7.18. The van der Waals surface area contributed by atoms with Gasteiger partial charge >= 0.3 is 0 Å². The van der Waals surface area contributed by atoms with Crippen molar-refractivity contribution in [3.8, 4) is 0 Å². The van der Waals surface area contributed by atoms with Crippen molar-refractivity contribution >= 4 is 21.6 Å². The molecule has 2 nitrogen and oxygen atoms in total. The van der Waals surface area contributed by atoms with Gasteiger partial charge in [0.1, 0.15) is 0 Å². The molecule has 15 heavy (non-hydrogen) atoms. The van der Waals surface area contributed by atoms with Gasteiger partial charge in [-0.3, -0.25) is 0 Å². The van der Waals surface area contributed by atoms with Crippen molar-refractivity contribution in [3.63, 3.8) is 0 Å². The van der Waals surface area contributed by atoms with Gasteiger partial charge in [-0.2, -0.15) is 0 Å². The van der Waals surface area contributed by atoms with Crippen LogP contribution >= 0.6 is 11.3 Å². The fraction of sp³-hybridized carbons (Fsp3) is 0.417. The second-order valence-electron chi connectivity index (χ2n) is 4.12. The molecule has 3 rings (SSSR count). The third-order valence-corrected chi connectivity index (χ3v) is 4.28. The summed E-state index contributed by atoms with van der Waals surface area (Å²) < 4.78 is 1.23. The Balaban J connectivity index is 2.04. The van der Waals surface area contributed by atoms with E-state index in [0.717, 1.165) is 29.8 Å². The van der Waals surface area contributed by atoms with Crippen molar-refractivity contribution in [2.75, 3.05) is 0 Å². The summed E-state index contributed by atoms with van der Waals surface area (Å²) in [5.74, 6) is 0.280. The largest absolute Gasteiger partial charge is 0.392 e. The Morgan fingerprint density at radius 1 is 1.27 bits per heavy atom. The highest BCUT2D eigenvalue weighted by atomic mass is 32.1. The molecule has 1 aromatic carbocycles. The molecule has 1 heterocycles. The van der Waals surface area contributed by atoms with E-state index in [-0.39, 0.29) is 12.0 Å². The van der Waals surface area contributed by atoms with E-state index in [0.29, 0.717) is 0 Å². The van der Waals surface area contributed by atoms with Crippen molar-refractivity contribution in [3.05, 3.63) is 29.3 Å². The topological polar surface area (TPSA) is 33.1 Å². The fourth-order valence-corrected chi connectivity index (χ4v) is 3.44. The summed E-state index contributed by atoms with van der Waals surface area (Å²) in [6, 6.07) is 8.18. The quantitative estimate of drug-likeness (QED) is 0.800. The number of fused-ring (bicyclic) bond motifs is 1. The zero-order chi connectivity index (χ0) is 10.3. The summed E-state index contributed by atoms with van der Waals surface area (Å²) in [6.45, 7) is 0. The van der Waals surface area contributed by atoms with Crippen molar-refractivity contribution in [1.82, 2.24) is 4.98 Å². The second-order valence-corrected chi connectivity index (χ2v) is 5.19. The van der Waals surface area contributed by atoms with E-state index >= 15 is 0 Å². The van der Waals surface area contributed by atoms with Crippen molar-refractivity contribution in [2.45, 2.75) is 31.3 Å². The number of aliphatic hydroxyl groups is 1. The number of hydrogen-bond donors (Lipinski definition) is 1. The lowest BCUT2D eigenvalue weighted by atomic mass is 10.1. The van der Waals surface area contributed by atoms with E-state index in [4.69, 9.17) is 0 Å². The van der Waals surface area contributed by atoms with Crippen LogP contribution in [0, 0.1) is 0 Å². The number of aliphatic hydroxyl groups excluding tert-OH is 1. The van der Waals surface area contributed by atoms with Crippen LogP contribution in [0.5, 0.6) is 0 Å². The maximum Gasteiger partial charge on any atom is 0.0995 e. The average molecular weight is 219 g/mol. The summed E-state index contributed by atoms with van der Waals surface area (Å²) in [5.41, 5.74) is 1.07.